The summed E-state index contributed by atoms with van der Waals surface area (Å²) in [6.45, 7) is 2.16. The first-order valence-corrected chi connectivity index (χ1v) is 12.1. The summed E-state index contributed by atoms with van der Waals surface area (Å²) in [7, 11) is -4.20. The van der Waals surface area contributed by atoms with Gasteiger partial charge in [-0.1, -0.05) is 30.3 Å². The Morgan fingerprint density at radius 2 is 1.57 bits per heavy atom. The molecule has 11 heteroatoms. The molecule has 182 valence electrons. The third kappa shape index (κ3) is 7.37. The Labute approximate surface area is 202 Å². The van der Waals surface area contributed by atoms with Gasteiger partial charge < -0.3 is 14.8 Å². The molecular formula is C24H23N3O7S. The van der Waals surface area contributed by atoms with Crippen molar-refractivity contribution < 1.29 is 32.3 Å². The average Bonchev–Trinajstić information content (AvgIpc) is 2.85. The lowest BCUT2D eigenvalue weighted by molar-refractivity contribution is 0.0950. The van der Waals surface area contributed by atoms with Crippen molar-refractivity contribution in [3.8, 4) is 5.88 Å². The Morgan fingerprint density at radius 3 is 2.20 bits per heavy atom. The monoisotopic (exact) mass is 497 g/mol. The fourth-order valence-corrected chi connectivity index (χ4v) is 3.87. The summed E-state index contributed by atoms with van der Waals surface area (Å²) in [4.78, 5) is 39.5. The standard InChI is InChI=1S/C24H23N3O7S/c1-2-33-24(30)34-21-13-10-19(16-26-21)23(29)27-35(31,32)20-11-8-18(9-12-20)22(28)25-15-14-17-6-4-3-5-7-17/h3-13,16H,2,14-15H2,1H3,(H,25,28)(H,27,29). The van der Waals surface area contributed by atoms with Crippen LogP contribution in [0.25, 0.3) is 0 Å². The van der Waals surface area contributed by atoms with Crippen LogP contribution in [0.15, 0.2) is 77.8 Å². The molecule has 0 spiro atoms. The predicted molar refractivity (Wildman–Crippen MR) is 125 cm³/mol. The maximum atomic E-state index is 12.6. The van der Waals surface area contributed by atoms with Crippen LogP contribution in [0, 0.1) is 0 Å². The number of hydrogen-bond acceptors (Lipinski definition) is 8. The summed E-state index contributed by atoms with van der Waals surface area (Å²) in [5.74, 6) is -1.38. The van der Waals surface area contributed by atoms with Crippen molar-refractivity contribution in [1.29, 1.82) is 0 Å². The number of ether oxygens (including phenoxy) is 2. The third-order valence-electron chi connectivity index (χ3n) is 4.64. The average molecular weight is 498 g/mol. The van der Waals surface area contributed by atoms with Crippen molar-refractivity contribution in [2.75, 3.05) is 13.2 Å². The number of nitrogens with one attached hydrogen (secondary N) is 2. The number of carbonyl (C=O) groups is 3. The second-order valence-electron chi connectivity index (χ2n) is 7.12. The topological polar surface area (TPSA) is 141 Å². The zero-order chi connectivity index (χ0) is 25.3. The van der Waals surface area contributed by atoms with E-state index in [0.29, 0.717) is 13.0 Å². The second-order valence-corrected chi connectivity index (χ2v) is 8.80. The van der Waals surface area contributed by atoms with Crippen LogP contribution in [0.1, 0.15) is 33.2 Å². The first-order valence-electron chi connectivity index (χ1n) is 10.6. The summed E-state index contributed by atoms with van der Waals surface area (Å²) in [5.41, 5.74) is 1.30. The molecule has 0 fully saturated rings. The van der Waals surface area contributed by atoms with Crippen molar-refractivity contribution in [1.82, 2.24) is 15.0 Å². The Morgan fingerprint density at radius 1 is 0.886 bits per heavy atom. The van der Waals surface area contributed by atoms with Crippen molar-refractivity contribution in [3.63, 3.8) is 0 Å². The number of rotatable bonds is 9. The molecule has 0 radical (unpaired) electrons. The number of sulfonamides is 1. The molecule has 0 atom stereocenters. The Bertz CT molecular complexity index is 1280. The van der Waals surface area contributed by atoms with Crippen LogP contribution in [-0.2, 0) is 21.2 Å². The Hall–Kier alpha value is -4.25. The van der Waals surface area contributed by atoms with Crippen LogP contribution in [0.5, 0.6) is 5.88 Å². The van der Waals surface area contributed by atoms with Gasteiger partial charge in [0, 0.05) is 24.4 Å². The van der Waals surface area contributed by atoms with Gasteiger partial charge in [0.1, 0.15) is 0 Å². The molecule has 0 unspecified atom stereocenters. The highest BCUT2D eigenvalue weighted by Crippen LogP contribution is 2.13. The molecule has 0 aliphatic carbocycles. The second kappa shape index (κ2) is 11.7. The molecule has 35 heavy (non-hydrogen) atoms. The number of amides is 2. The summed E-state index contributed by atoms with van der Waals surface area (Å²) in [6.07, 6.45) is 0.770. The Balaban J connectivity index is 1.56. The lowest BCUT2D eigenvalue weighted by Crippen LogP contribution is -2.31. The van der Waals surface area contributed by atoms with Gasteiger partial charge in [-0.15, -0.1) is 0 Å². The number of carbonyl (C=O) groups excluding carboxylic acids is 3. The zero-order valence-electron chi connectivity index (χ0n) is 18.8. The van der Waals surface area contributed by atoms with Gasteiger partial charge in [0.2, 0.25) is 5.88 Å². The molecule has 2 aromatic carbocycles. The molecule has 1 heterocycles. The normalized spacial score (nSPS) is 10.8. The van der Waals surface area contributed by atoms with E-state index >= 15 is 0 Å². The highest BCUT2D eigenvalue weighted by atomic mass is 32.2. The van der Waals surface area contributed by atoms with Crippen LogP contribution in [0.4, 0.5) is 4.79 Å². The predicted octanol–water partition coefficient (Wildman–Crippen LogP) is 2.71. The van der Waals surface area contributed by atoms with Crippen molar-refractivity contribution in [2.45, 2.75) is 18.2 Å². The van der Waals surface area contributed by atoms with Gasteiger partial charge >= 0.3 is 6.16 Å². The zero-order valence-corrected chi connectivity index (χ0v) is 19.6. The van der Waals surface area contributed by atoms with Crippen molar-refractivity contribution in [2.24, 2.45) is 0 Å². The molecule has 0 bridgehead atoms. The molecule has 2 N–H and O–H groups in total. The van der Waals surface area contributed by atoms with E-state index in [0.717, 1.165) is 11.8 Å². The first kappa shape index (κ1) is 25.4. The molecule has 10 nitrogen and oxygen atoms in total. The summed E-state index contributed by atoms with van der Waals surface area (Å²) >= 11 is 0. The van der Waals surface area contributed by atoms with Crippen LogP contribution >= 0.6 is 0 Å². The number of hydrogen-bond donors (Lipinski definition) is 2. The van der Waals surface area contributed by atoms with E-state index in [2.05, 4.69) is 15.0 Å². The number of benzene rings is 2. The largest absolute Gasteiger partial charge is 0.515 e. The molecule has 3 rings (SSSR count). The lowest BCUT2D eigenvalue weighted by Gasteiger charge is -2.09. The van der Waals surface area contributed by atoms with Gasteiger partial charge in [-0.05, 0) is 49.2 Å². The maximum Gasteiger partial charge on any atom is 0.515 e. The van der Waals surface area contributed by atoms with Gasteiger partial charge in [-0.2, -0.15) is 0 Å². The highest BCUT2D eigenvalue weighted by molar-refractivity contribution is 7.90. The van der Waals surface area contributed by atoms with Gasteiger partial charge in [0.25, 0.3) is 21.8 Å². The highest BCUT2D eigenvalue weighted by Gasteiger charge is 2.20. The molecule has 0 aliphatic rings. The fourth-order valence-electron chi connectivity index (χ4n) is 2.90. The van der Waals surface area contributed by atoms with E-state index < -0.39 is 22.1 Å². The van der Waals surface area contributed by atoms with Gasteiger partial charge in [-0.25, -0.2) is 22.9 Å². The van der Waals surface area contributed by atoms with E-state index in [1.807, 2.05) is 35.1 Å². The molecule has 2 amide bonds. The SMILES string of the molecule is CCOC(=O)Oc1ccc(C(=O)NS(=O)(=O)c2ccc(C(=O)NCCc3ccccc3)cc2)cn1. The minimum atomic E-state index is -4.20. The van der Waals surface area contributed by atoms with E-state index in [4.69, 9.17) is 4.74 Å². The third-order valence-corrected chi connectivity index (χ3v) is 5.99. The number of nitrogens with zero attached hydrogens (tertiary/aromatic N) is 1. The smallest absolute Gasteiger partial charge is 0.434 e. The van der Waals surface area contributed by atoms with Crippen LogP contribution < -0.4 is 14.8 Å². The quantitative estimate of drug-likeness (QED) is 0.430. The van der Waals surface area contributed by atoms with Gasteiger partial charge in [0.05, 0.1) is 17.1 Å². The number of pyridine rings is 1. The first-order chi connectivity index (χ1) is 16.8. The Kier molecular flexibility index (Phi) is 8.52. The summed E-state index contributed by atoms with van der Waals surface area (Å²) < 4.78 is 36.5. The van der Waals surface area contributed by atoms with E-state index in [9.17, 15) is 22.8 Å². The van der Waals surface area contributed by atoms with E-state index in [-0.39, 0.29) is 34.4 Å². The van der Waals surface area contributed by atoms with Crippen LogP contribution in [-0.4, -0.2) is 44.5 Å². The molecule has 3 aromatic rings. The van der Waals surface area contributed by atoms with Gasteiger partial charge in [0.15, 0.2) is 0 Å². The van der Waals surface area contributed by atoms with Crippen LogP contribution in [0.3, 0.4) is 0 Å². The number of aromatic nitrogens is 1. The molecular weight excluding hydrogens is 474 g/mol. The molecule has 0 aliphatic heterocycles. The summed E-state index contributed by atoms with van der Waals surface area (Å²) in [6, 6.07) is 17.3. The molecule has 1 aromatic heterocycles. The minimum Gasteiger partial charge on any atom is -0.434 e. The maximum absolute atomic E-state index is 12.6. The van der Waals surface area contributed by atoms with Gasteiger partial charge in [-0.3, -0.25) is 9.59 Å². The fraction of sp³-hybridized carbons (Fsp3) is 0.167. The minimum absolute atomic E-state index is 0.0702. The lowest BCUT2D eigenvalue weighted by atomic mass is 10.1. The molecule has 0 saturated carbocycles. The van der Waals surface area contributed by atoms with Crippen LogP contribution in [0.2, 0.25) is 0 Å². The van der Waals surface area contributed by atoms with Crippen molar-refractivity contribution in [3.05, 3.63) is 89.6 Å². The molecule has 0 saturated heterocycles. The van der Waals surface area contributed by atoms with Crippen molar-refractivity contribution >= 4 is 28.0 Å². The van der Waals surface area contributed by atoms with E-state index in [1.165, 1.54) is 36.4 Å². The van der Waals surface area contributed by atoms with E-state index in [1.54, 1.807) is 6.92 Å². The summed E-state index contributed by atoms with van der Waals surface area (Å²) in [5, 5.41) is 2.78.